The summed E-state index contributed by atoms with van der Waals surface area (Å²) in [4.78, 5) is 46.0. The number of hydrogen-bond donors (Lipinski definition) is 3. The molecule has 1 saturated heterocycles. The van der Waals surface area contributed by atoms with E-state index in [1.54, 1.807) is 6.92 Å². The molecule has 2 unspecified atom stereocenters. The molecular formula is C16H23N5O3. The molecule has 0 radical (unpaired) electrons. The predicted molar refractivity (Wildman–Crippen MR) is 90.1 cm³/mol. The number of carbonyl (C=O) groups excluding carboxylic acids is 2. The van der Waals surface area contributed by atoms with E-state index in [4.69, 9.17) is 0 Å². The fraction of sp³-hybridized carbons (Fsp3) is 0.625. The van der Waals surface area contributed by atoms with E-state index in [9.17, 15) is 14.4 Å². The van der Waals surface area contributed by atoms with Crippen LogP contribution in [-0.2, 0) is 9.59 Å². The maximum atomic E-state index is 12.6. The first kappa shape index (κ1) is 16.5. The Morgan fingerprint density at radius 2 is 2.21 bits per heavy atom. The molecule has 8 nitrogen and oxygen atoms in total. The number of amides is 2. The summed E-state index contributed by atoms with van der Waals surface area (Å²) in [5.41, 5.74) is -0.112. The molecule has 8 heteroatoms. The van der Waals surface area contributed by atoms with Crippen LogP contribution in [0.5, 0.6) is 0 Å². The van der Waals surface area contributed by atoms with E-state index < -0.39 is 5.92 Å². The second-order valence-electron chi connectivity index (χ2n) is 6.54. The minimum Gasteiger partial charge on any atom is -0.356 e. The molecule has 0 saturated carbocycles. The van der Waals surface area contributed by atoms with Gasteiger partial charge in [-0.1, -0.05) is 6.92 Å². The quantitative estimate of drug-likeness (QED) is 0.749. The van der Waals surface area contributed by atoms with Gasteiger partial charge >= 0.3 is 0 Å². The fourth-order valence-corrected chi connectivity index (χ4v) is 3.41. The Balaban J connectivity index is 1.98. The summed E-state index contributed by atoms with van der Waals surface area (Å²) in [6, 6.07) is 0. The topological polar surface area (TPSA) is 107 Å². The molecule has 3 N–H and O–H groups in total. The number of aromatic amines is 1. The maximum Gasteiger partial charge on any atom is 0.258 e. The van der Waals surface area contributed by atoms with Crippen LogP contribution in [0.3, 0.4) is 0 Å². The zero-order valence-electron chi connectivity index (χ0n) is 14.0. The third-order valence-corrected chi connectivity index (χ3v) is 4.56. The van der Waals surface area contributed by atoms with Gasteiger partial charge in [0.15, 0.2) is 0 Å². The SMILES string of the molecule is CCNC(=O)C1CC(=O)Nc2nc(N3CCCC(C)C3)[nH]c(=O)c21. The van der Waals surface area contributed by atoms with Gasteiger partial charge in [0.05, 0.1) is 11.5 Å². The molecule has 130 valence electrons. The number of likely N-dealkylation sites (N-methyl/N-ethyl adjacent to an activating group) is 1. The Hall–Kier alpha value is -2.38. The average molecular weight is 333 g/mol. The lowest BCUT2D eigenvalue weighted by Gasteiger charge is -2.32. The van der Waals surface area contributed by atoms with Crippen molar-refractivity contribution in [2.24, 2.45) is 5.92 Å². The van der Waals surface area contributed by atoms with Crippen LogP contribution in [0.4, 0.5) is 11.8 Å². The van der Waals surface area contributed by atoms with E-state index in [0.29, 0.717) is 18.4 Å². The van der Waals surface area contributed by atoms with Crippen LogP contribution in [0.2, 0.25) is 0 Å². The highest BCUT2D eigenvalue weighted by molar-refractivity contribution is 6.00. The molecule has 1 aromatic heterocycles. The van der Waals surface area contributed by atoms with Crippen LogP contribution in [0.1, 0.15) is 44.6 Å². The minimum atomic E-state index is -0.792. The van der Waals surface area contributed by atoms with Gasteiger partial charge in [-0.15, -0.1) is 0 Å². The van der Waals surface area contributed by atoms with Crippen LogP contribution < -0.4 is 21.1 Å². The van der Waals surface area contributed by atoms with Crippen LogP contribution >= 0.6 is 0 Å². The predicted octanol–water partition coefficient (Wildman–Crippen LogP) is 0.568. The molecule has 1 fully saturated rings. The molecule has 24 heavy (non-hydrogen) atoms. The third kappa shape index (κ3) is 3.13. The lowest BCUT2D eigenvalue weighted by atomic mass is 9.92. The van der Waals surface area contributed by atoms with Gasteiger partial charge in [0.2, 0.25) is 17.8 Å². The Kier molecular flexibility index (Phi) is 4.55. The Labute approximate surface area is 140 Å². The largest absolute Gasteiger partial charge is 0.356 e. The lowest BCUT2D eigenvalue weighted by Crippen LogP contribution is -2.41. The molecule has 2 aliphatic rings. The lowest BCUT2D eigenvalue weighted by molar-refractivity contribution is -0.126. The highest BCUT2D eigenvalue weighted by Gasteiger charge is 2.35. The highest BCUT2D eigenvalue weighted by atomic mass is 16.2. The highest BCUT2D eigenvalue weighted by Crippen LogP contribution is 2.30. The van der Waals surface area contributed by atoms with Crippen molar-refractivity contribution in [1.29, 1.82) is 0 Å². The number of H-pyrrole nitrogens is 1. The van der Waals surface area contributed by atoms with Gasteiger partial charge in [-0.25, -0.2) is 0 Å². The van der Waals surface area contributed by atoms with E-state index >= 15 is 0 Å². The summed E-state index contributed by atoms with van der Waals surface area (Å²) in [5, 5.41) is 5.32. The number of rotatable bonds is 3. The molecule has 1 aromatic rings. The molecule has 0 aromatic carbocycles. The molecule has 2 amide bonds. The van der Waals surface area contributed by atoms with E-state index in [-0.39, 0.29) is 35.2 Å². The number of fused-ring (bicyclic) bond motifs is 1. The van der Waals surface area contributed by atoms with E-state index in [1.165, 1.54) is 0 Å². The Morgan fingerprint density at radius 1 is 1.42 bits per heavy atom. The zero-order chi connectivity index (χ0) is 17.3. The van der Waals surface area contributed by atoms with Crippen LogP contribution in [0, 0.1) is 5.92 Å². The van der Waals surface area contributed by atoms with Crippen LogP contribution in [0.15, 0.2) is 4.79 Å². The van der Waals surface area contributed by atoms with Crippen molar-refractivity contribution in [3.05, 3.63) is 15.9 Å². The number of nitrogens with one attached hydrogen (secondary N) is 3. The van der Waals surface area contributed by atoms with Crippen LogP contribution in [0.25, 0.3) is 0 Å². The zero-order valence-corrected chi connectivity index (χ0v) is 14.0. The number of carbonyl (C=O) groups is 2. The van der Waals surface area contributed by atoms with Gasteiger partial charge in [0, 0.05) is 26.1 Å². The molecule has 0 aliphatic carbocycles. The summed E-state index contributed by atoms with van der Waals surface area (Å²) < 4.78 is 0. The normalized spacial score (nSPS) is 23.4. The summed E-state index contributed by atoms with van der Waals surface area (Å²) in [5.74, 6) is -0.214. The van der Waals surface area contributed by atoms with E-state index in [0.717, 1.165) is 25.9 Å². The second-order valence-corrected chi connectivity index (χ2v) is 6.54. The first-order valence-electron chi connectivity index (χ1n) is 8.46. The van der Waals surface area contributed by atoms with Crippen molar-refractivity contribution >= 4 is 23.6 Å². The summed E-state index contributed by atoms with van der Waals surface area (Å²) >= 11 is 0. The summed E-state index contributed by atoms with van der Waals surface area (Å²) in [7, 11) is 0. The number of anilines is 2. The summed E-state index contributed by atoms with van der Waals surface area (Å²) in [6.45, 7) is 6.04. The van der Waals surface area contributed by atoms with Crippen molar-refractivity contribution in [3.63, 3.8) is 0 Å². The van der Waals surface area contributed by atoms with E-state index in [2.05, 4.69) is 27.5 Å². The smallest absolute Gasteiger partial charge is 0.258 e. The average Bonchev–Trinajstić information content (AvgIpc) is 2.53. The van der Waals surface area contributed by atoms with Crippen molar-refractivity contribution in [1.82, 2.24) is 15.3 Å². The number of hydrogen-bond acceptors (Lipinski definition) is 5. The molecule has 0 spiro atoms. The Morgan fingerprint density at radius 3 is 2.92 bits per heavy atom. The standard InChI is InChI=1S/C16H23N5O3/c1-3-17-14(23)10-7-11(22)18-13-12(10)15(24)20-16(19-13)21-6-4-5-9(2)8-21/h9-10H,3-8H2,1-2H3,(H,17,23)(H2,18,19,20,22,24). The molecule has 0 bridgehead atoms. The fourth-order valence-electron chi connectivity index (χ4n) is 3.41. The first-order valence-corrected chi connectivity index (χ1v) is 8.46. The van der Waals surface area contributed by atoms with Gasteiger partial charge in [0.25, 0.3) is 5.56 Å². The van der Waals surface area contributed by atoms with Crippen molar-refractivity contribution in [2.75, 3.05) is 29.9 Å². The number of aromatic nitrogens is 2. The first-order chi connectivity index (χ1) is 11.5. The molecular weight excluding hydrogens is 310 g/mol. The Bertz CT molecular complexity index is 714. The molecule has 2 aliphatic heterocycles. The molecule has 3 rings (SSSR count). The molecule has 3 heterocycles. The number of nitrogens with zero attached hydrogens (tertiary/aromatic N) is 2. The summed E-state index contributed by atoms with van der Waals surface area (Å²) in [6.07, 6.45) is 2.15. The van der Waals surface area contributed by atoms with Crippen molar-refractivity contribution in [3.8, 4) is 0 Å². The van der Waals surface area contributed by atoms with Crippen molar-refractivity contribution in [2.45, 2.75) is 39.0 Å². The van der Waals surface area contributed by atoms with Gasteiger partial charge in [-0.3, -0.25) is 19.4 Å². The maximum absolute atomic E-state index is 12.6. The van der Waals surface area contributed by atoms with Gasteiger partial charge in [-0.2, -0.15) is 4.98 Å². The van der Waals surface area contributed by atoms with E-state index in [1.807, 2.05) is 4.90 Å². The minimum absolute atomic E-state index is 0.0380. The molecule has 2 atom stereocenters. The van der Waals surface area contributed by atoms with Crippen LogP contribution in [-0.4, -0.2) is 41.4 Å². The van der Waals surface area contributed by atoms with Gasteiger partial charge in [0.1, 0.15) is 5.82 Å². The van der Waals surface area contributed by atoms with Crippen molar-refractivity contribution < 1.29 is 9.59 Å². The second kappa shape index (κ2) is 6.62. The number of piperidine rings is 1. The van der Waals surface area contributed by atoms with Gasteiger partial charge in [-0.05, 0) is 25.7 Å². The monoisotopic (exact) mass is 333 g/mol. The third-order valence-electron chi connectivity index (χ3n) is 4.56. The van der Waals surface area contributed by atoms with Gasteiger partial charge < -0.3 is 15.5 Å².